The van der Waals surface area contributed by atoms with Crippen LogP contribution in [0.25, 0.3) is 0 Å². The van der Waals surface area contributed by atoms with Crippen molar-refractivity contribution in [3.63, 3.8) is 0 Å². The van der Waals surface area contributed by atoms with Gasteiger partial charge in [0.2, 0.25) is 0 Å². The van der Waals surface area contributed by atoms with Gasteiger partial charge in [0, 0.05) is 5.56 Å². The van der Waals surface area contributed by atoms with Crippen LogP contribution in [0.4, 0.5) is 5.69 Å². The zero-order chi connectivity index (χ0) is 13.8. The van der Waals surface area contributed by atoms with Gasteiger partial charge < -0.3 is 20.6 Å². The summed E-state index contributed by atoms with van der Waals surface area (Å²) in [6, 6.07) is 14.6. The highest BCUT2D eigenvalue weighted by Gasteiger charge is 2.22. The summed E-state index contributed by atoms with van der Waals surface area (Å²) in [6.07, 6.45) is -2.48. The third kappa shape index (κ3) is 2.91. The Labute approximate surface area is 110 Å². The number of hydrogen-bond donors (Lipinski definition) is 3. The molecule has 0 radical (unpaired) electrons. The van der Waals surface area contributed by atoms with Crippen molar-refractivity contribution in [2.24, 2.45) is 0 Å². The lowest BCUT2D eigenvalue weighted by atomic mass is 9.97. The molecule has 2 aromatic rings. The van der Waals surface area contributed by atoms with Crippen LogP contribution < -0.4 is 5.23 Å². The standard InChI is InChI=1S/C14H14NO4/c16-13(10-6-2-1-3-7-10)14(17)11-8-4-5-9-12(11)15(18)19/h1-9,13-14,16-18H/q-1/t13-,14-/m1/s1. The van der Waals surface area contributed by atoms with E-state index in [1.54, 1.807) is 42.5 Å². The summed E-state index contributed by atoms with van der Waals surface area (Å²) in [5.74, 6) is 0. The van der Waals surface area contributed by atoms with Gasteiger partial charge in [0.25, 0.3) is 0 Å². The molecule has 0 bridgehead atoms. The lowest BCUT2D eigenvalue weighted by Gasteiger charge is -2.28. The third-order valence-corrected chi connectivity index (χ3v) is 2.90. The Kier molecular flexibility index (Phi) is 4.13. The van der Waals surface area contributed by atoms with E-state index in [4.69, 9.17) is 5.21 Å². The first-order chi connectivity index (χ1) is 9.11. The molecule has 2 atom stereocenters. The second-order valence-corrected chi connectivity index (χ2v) is 4.13. The van der Waals surface area contributed by atoms with E-state index in [2.05, 4.69) is 0 Å². The molecule has 0 aliphatic carbocycles. The second kappa shape index (κ2) is 5.81. The van der Waals surface area contributed by atoms with Crippen LogP contribution in [0.15, 0.2) is 54.6 Å². The van der Waals surface area contributed by atoms with Gasteiger partial charge in [-0.25, -0.2) is 0 Å². The van der Waals surface area contributed by atoms with Gasteiger partial charge in [0.15, 0.2) is 0 Å². The number of nitrogens with zero attached hydrogens (tertiary/aromatic N) is 1. The van der Waals surface area contributed by atoms with Crippen molar-refractivity contribution >= 4 is 5.69 Å². The minimum Gasteiger partial charge on any atom is -0.733 e. The number of hydrogen-bond acceptors (Lipinski definition) is 5. The van der Waals surface area contributed by atoms with Crippen molar-refractivity contribution in [2.75, 3.05) is 5.23 Å². The highest BCUT2D eigenvalue weighted by molar-refractivity contribution is 5.53. The zero-order valence-electron chi connectivity index (χ0n) is 10.0. The van der Waals surface area contributed by atoms with E-state index < -0.39 is 12.2 Å². The molecule has 0 unspecified atom stereocenters. The number of benzene rings is 2. The van der Waals surface area contributed by atoms with Gasteiger partial charge in [0.05, 0.1) is 5.69 Å². The Bertz CT molecular complexity index is 530. The molecule has 5 nitrogen and oxygen atoms in total. The first-order valence-corrected chi connectivity index (χ1v) is 5.77. The average Bonchev–Trinajstić information content (AvgIpc) is 2.46. The van der Waals surface area contributed by atoms with E-state index in [1.165, 1.54) is 12.1 Å². The predicted molar refractivity (Wildman–Crippen MR) is 70.4 cm³/mol. The Morgan fingerprint density at radius 2 is 1.42 bits per heavy atom. The predicted octanol–water partition coefficient (Wildman–Crippen LogP) is 2.15. The minimum absolute atomic E-state index is 0.0926. The molecule has 0 saturated heterocycles. The van der Waals surface area contributed by atoms with Gasteiger partial charge in [0.1, 0.15) is 12.2 Å². The van der Waals surface area contributed by atoms with Gasteiger partial charge >= 0.3 is 0 Å². The molecule has 5 heteroatoms. The molecule has 0 heterocycles. The monoisotopic (exact) mass is 260 g/mol. The van der Waals surface area contributed by atoms with Crippen molar-refractivity contribution in [3.8, 4) is 0 Å². The molecule has 0 spiro atoms. The number of aliphatic hydroxyl groups is 2. The van der Waals surface area contributed by atoms with Crippen molar-refractivity contribution in [2.45, 2.75) is 12.2 Å². The van der Waals surface area contributed by atoms with E-state index in [0.717, 1.165) is 0 Å². The average molecular weight is 260 g/mol. The number of anilines is 1. The fourth-order valence-corrected chi connectivity index (χ4v) is 1.91. The first kappa shape index (κ1) is 13.5. The molecule has 0 saturated carbocycles. The molecule has 2 aromatic carbocycles. The first-order valence-electron chi connectivity index (χ1n) is 5.77. The van der Waals surface area contributed by atoms with Crippen LogP contribution in [0, 0.1) is 5.21 Å². The molecule has 0 aliphatic heterocycles. The maximum Gasteiger partial charge on any atom is 0.111 e. The van der Waals surface area contributed by atoms with E-state index in [9.17, 15) is 15.4 Å². The van der Waals surface area contributed by atoms with Gasteiger partial charge in [-0.05, 0) is 11.6 Å². The summed E-state index contributed by atoms with van der Waals surface area (Å²) in [5, 5.41) is 39.9. The third-order valence-electron chi connectivity index (χ3n) is 2.90. The molecular weight excluding hydrogens is 246 g/mol. The molecule has 2 rings (SSSR count). The van der Waals surface area contributed by atoms with E-state index in [0.29, 0.717) is 5.56 Å². The van der Waals surface area contributed by atoms with E-state index in [1.807, 2.05) is 0 Å². The highest BCUT2D eigenvalue weighted by atomic mass is 16.8. The topological polar surface area (TPSA) is 87.0 Å². The molecule has 0 amide bonds. The van der Waals surface area contributed by atoms with Gasteiger partial charge in [-0.15, -0.1) is 0 Å². The quantitative estimate of drug-likeness (QED) is 0.733. The highest BCUT2D eigenvalue weighted by Crippen LogP contribution is 2.33. The lowest BCUT2D eigenvalue weighted by molar-refractivity contribution is 0.0171. The van der Waals surface area contributed by atoms with Crippen LogP contribution in [0.1, 0.15) is 23.3 Å². The van der Waals surface area contributed by atoms with Crippen LogP contribution in [0.3, 0.4) is 0 Å². The maximum atomic E-state index is 11.0. The smallest absolute Gasteiger partial charge is 0.111 e. The number of rotatable bonds is 4. The molecule has 0 fully saturated rings. The van der Waals surface area contributed by atoms with Crippen LogP contribution in [0.2, 0.25) is 0 Å². The Hall–Kier alpha value is -1.92. The Balaban J connectivity index is 2.32. The molecule has 0 aliphatic rings. The van der Waals surface area contributed by atoms with E-state index in [-0.39, 0.29) is 16.5 Å². The molecule has 0 aromatic heterocycles. The Morgan fingerprint density at radius 1 is 0.842 bits per heavy atom. The second-order valence-electron chi connectivity index (χ2n) is 4.13. The van der Waals surface area contributed by atoms with E-state index >= 15 is 0 Å². The fraction of sp³-hybridized carbons (Fsp3) is 0.143. The largest absolute Gasteiger partial charge is 0.733 e. The summed E-state index contributed by atoms with van der Waals surface area (Å²) >= 11 is 0. The summed E-state index contributed by atoms with van der Waals surface area (Å²) in [5.41, 5.74) is 0.599. The summed E-state index contributed by atoms with van der Waals surface area (Å²) in [6.45, 7) is 0. The molecular formula is C14H14NO4-. The lowest BCUT2D eigenvalue weighted by Crippen LogP contribution is -2.16. The summed E-state index contributed by atoms with van der Waals surface area (Å²) in [4.78, 5) is 0. The van der Waals surface area contributed by atoms with Crippen molar-refractivity contribution in [1.29, 1.82) is 0 Å². The fourth-order valence-electron chi connectivity index (χ4n) is 1.91. The SMILES string of the molecule is [O-]N(O)c1ccccc1[C@@H](O)[C@H](O)c1ccccc1. The van der Waals surface area contributed by atoms with Gasteiger partial charge in [-0.1, -0.05) is 48.5 Å². The molecule has 19 heavy (non-hydrogen) atoms. The van der Waals surface area contributed by atoms with Crippen LogP contribution in [-0.4, -0.2) is 15.4 Å². The maximum absolute atomic E-state index is 11.0. The van der Waals surface area contributed by atoms with Gasteiger partial charge in [-0.3, -0.25) is 5.21 Å². The van der Waals surface area contributed by atoms with Gasteiger partial charge in [-0.2, -0.15) is 0 Å². The molecule has 100 valence electrons. The van der Waals surface area contributed by atoms with Crippen molar-refractivity contribution < 1.29 is 15.4 Å². The zero-order valence-corrected chi connectivity index (χ0v) is 10.0. The van der Waals surface area contributed by atoms with Crippen LogP contribution in [-0.2, 0) is 0 Å². The normalized spacial score (nSPS) is 13.9. The summed E-state index contributed by atoms with van der Waals surface area (Å²) < 4.78 is 0. The van der Waals surface area contributed by atoms with Crippen molar-refractivity contribution in [1.82, 2.24) is 0 Å². The number of aliphatic hydroxyl groups excluding tert-OH is 2. The molecule has 3 N–H and O–H groups in total. The number of para-hydroxylation sites is 1. The Morgan fingerprint density at radius 3 is 2.05 bits per heavy atom. The van der Waals surface area contributed by atoms with Crippen LogP contribution in [0.5, 0.6) is 0 Å². The minimum atomic E-state index is -1.30. The van der Waals surface area contributed by atoms with Crippen molar-refractivity contribution in [3.05, 3.63) is 70.9 Å². The summed E-state index contributed by atoms with van der Waals surface area (Å²) in [7, 11) is 0. The van der Waals surface area contributed by atoms with Crippen LogP contribution >= 0.6 is 0 Å².